The molecule has 0 heterocycles. The minimum atomic E-state index is 0.340. The van der Waals surface area contributed by atoms with Gasteiger partial charge in [0.1, 0.15) is 5.75 Å². The molecule has 1 N–H and O–H groups in total. The fourth-order valence-corrected chi connectivity index (χ4v) is 1.75. The molecule has 0 aliphatic heterocycles. The number of phenols is 1. The summed E-state index contributed by atoms with van der Waals surface area (Å²) in [6.07, 6.45) is 2.37. The molecule has 2 heteroatoms. The van der Waals surface area contributed by atoms with Gasteiger partial charge in [0.2, 0.25) is 0 Å². The molecular formula is C10H15OP. The van der Waals surface area contributed by atoms with Crippen molar-refractivity contribution in [1.82, 2.24) is 0 Å². The van der Waals surface area contributed by atoms with Crippen LogP contribution in [0.2, 0.25) is 0 Å². The van der Waals surface area contributed by atoms with Crippen LogP contribution in [0.15, 0.2) is 24.3 Å². The van der Waals surface area contributed by atoms with Crippen LogP contribution >= 0.6 is 9.24 Å². The first-order valence-corrected chi connectivity index (χ1v) is 4.95. The minimum Gasteiger partial charge on any atom is -0.508 e. The molecule has 0 saturated carbocycles. The van der Waals surface area contributed by atoms with Gasteiger partial charge in [-0.05, 0) is 29.8 Å². The van der Waals surface area contributed by atoms with E-state index in [9.17, 15) is 0 Å². The van der Waals surface area contributed by atoms with Crippen LogP contribution in [0.1, 0.15) is 31.0 Å². The number of phenolic OH excluding ortho intramolecular Hbond substituents is 1. The van der Waals surface area contributed by atoms with E-state index in [1.165, 1.54) is 18.4 Å². The van der Waals surface area contributed by atoms with Crippen molar-refractivity contribution in [2.75, 3.05) is 0 Å². The highest BCUT2D eigenvalue weighted by Crippen LogP contribution is 2.28. The molecular weight excluding hydrogens is 167 g/mol. The van der Waals surface area contributed by atoms with Crippen LogP contribution in [0.5, 0.6) is 5.75 Å². The van der Waals surface area contributed by atoms with Crippen molar-refractivity contribution >= 4 is 9.24 Å². The summed E-state index contributed by atoms with van der Waals surface area (Å²) in [4.78, 5) is 0. The van der Waals surface area contributed by atoms with Gasteiger partial charge in [0.15, 0.2) is 0 Å². The van der Waals surface area contributed by atoms with Gasteiger partial charge in [-0.2, -0.15) is 0 Å². The van der Waals surface area contributed by atoms with Gasteiger partial charge in [-0.1, -0.05) is 25.5 Å². The maximum Gasteiger partial charge on any atom is 0.115 e. The van der Waals surface area contributed by atoms with Crippen LogP contribution in [0.3, 0.4) is 0 Å². The Balaban J connectivity index is 2.68. The van der Waals surface area contributed by atoms with E-state index in [-0.39, 0.29) is 0 Å². The number of rotatable bonds is 3. The molecule has 0 amide bonds. The standard InChI is InChI=1S/C10H15OP/c1-2-3-10(12)8-4-6-9(11)7-5-8/h4-7,10-11H,2-3,12H2,1H3. The predicted molar refractivity (Wildman–Crippen MR) is 55.5 cm³/mol. The van der Waals surface area contributed by atoms with E-state index in [0.717, 1.165) is 0 Å². The second-order valence-electron chi connectivity index (χ2n) is 2.99. The summed E-state index contributed by atoms with van der Waals surface area (Å²) in [5.74, 6) is 0.340. The lowest BCUT2D eigenvalue weighted by Gasteiger charge is -2.09. The van der Waals surface area contributed by atoms with Crippen molar-refractivity contribution in [3.63, 3.8) is 0 Å². The van der Waals surface area contributed by atoms with Gasteiger partial charge in [0.05, 0.1) is 0 Å². The summed E-state index contributed by atoms with van der Waals surface area (Å²) in [6.45, 7) is 2.18. The number of aromatic hydroxyl groups is 1. The second-order valence-corrected chi connectivity index (χ2v) is 3.79. The lowest BCUT2D eigenvalue weighted by Crippen LogP contribution is -1.87. The maximum absolute atomic E-state index is 9.06. The van der Waals surface area contributed by atoms with Gasteiger partial charge in [0, 0.05) is 0 Å². The van der Waals surface area contributed by atoms with Crippen molar-refractivity contribution < 1.29 is 5.11 Å². The van der Waals surface area contributed by atoms with Crippen molar-refractivity contribution in [3.8, 4) is 5.75 Å². The summed E-state index contributed by atoms with van der Waals surface area (Å²) in [5.41, 5.74) is 1.80. The zero-order valence-corrected chi connectivity index (χ0v) is 8.48. The average molecular weight is 182 g/mol. The molecule has 0 saturated heterocycles. The second kappa shape index (κ2) is 4.47. The van der Waals surface area contributed by atoms with Crippen LogP contribution in [0.4, 0.5) is 0 Å². The highest BCUT2D eigenvalue weighted by Gasteiger charge is 2.02. The number of benzene rings is 1. The van der Waals surface area contributed by atoms with E-state index < -0.39 is 0 Å². The molecule has 2 unspecified atom stereocenters. The third kappa shape index (κ3) is 2.49. The maximum atomic E-state index is 9.06. The Kier molecular flexibility index (Phi) is 3.55. The van der Waals surface area contributed by atoms with Gasteiger partial charge in [-0.25, -0.2) is 0 Å². The lowest BCUT2D eigenvalue weighted by molar-refractivity contribution is 0.475. The summed E-state index contributed by atoms with van der Waals surface area (Å²) in [5, 5.41) is 9.06. The molecule has 0 aliphatic rings. The van der Waals surface area contributed by atoms with Gasteiger partial charge < -0.3 is 5.11 Å². The molecule has 0 spiro atoms. The largest absolute Gasteiger partial charge is 0.508 e. The fourth-order valence-electron chi connectivity index (χ4n) is 1.20. The van der Waals surface area contributed by atoms with Crippen LogP contribution < -0.4 is 0 Å². The van der Waals surface area contributed by atoms with E-state index >= 15 is 0 Å². The quantitative estimate of drug-likeness (QED) is 0.712. The summed E-state index contributed by atoms with van der Waals surface area (Å²) in [6, 6.07) is 7.43. The van der Waals surface area contributed by atoms with Crippen LogP contribution in [0, 0.1) is 0 Å². The van der Waals surface area contributed by atoms with E-state index in [2.05, 4.69) is 16.2 Å². The zero-order valence-electron chi connectivity index (χ0n) is 7.33. The van der Waals surface area contributed by atoms with Crippen molar-refractivity contribution in [3.05, 3.63) is 29.8 Å². The van der Waals surface area contributed by atoms with Crippen molar-refractivity contribution in [1.29, 1.82) is 0 Å². The Morgan fingerprint density at radius 2 is 1.92 bits per heavy atom. The Labute approximate surface area is 76.0 Å². The first-order valence-electron chi connectivity index (χ1n) is 4.28. The molecule has 1 aromatic rings. The molecule has 1 aromatic carbocycles. The zero-order chi connectivity index (χ0) is 8.97. The topological polar surface area (TPSA) is 20.2 Å². The average Bonchev–Trinajstić information content (AvgIpc) is 2.06. The SMILES string of the molecule is CCCC(P)c1ccc(O)cc1. The van der Waals surface area contributed by atoms with E-state index in [0.29, 0.717) is 11.4 Å². The Morgan fingerprint density at radius 3 is 2.42 bits per heavy atom. The summed E-state index contributed by atoms with van der Waals surface area (Å²) >= 11 is 0. The van der Waals surface area contributed by atoms with Gasteiger partial charge in [-0.3, -0.25) is 0 Å². The summed E-state index contributed by atoms with van der Waals surface area (Å²) in [7, 11) is 2.83. The van der Waals surface area contributed by atoms with E-state index in [1.807, 2.05) is 12.1 Å². The Morgan fingerprint density at radius 1 is 1.33 bits per heavy atom. The molecule has 1 nitrogen and oxygen atoms in total. The minimum absolute atomic E-state index is 0.340. The Bertz CT molecular complexity index is 230. The Hall–Kier alpha value is -0.550. The monoisotopic (exact) mass is 182 g/mol. The molecule has 1 rings (SSSR count). The van der Waals surface area contributed by atoms with Gasteiger partial charge in [0.25, 0.3) is 0 Å². The van der Waals surface area contributed by atoms with E-state index in [1.54, 1.807) is 12.1 Å². The molecule has 0 aliphatic carbocycles. The van der Waals surface area contributed by atoms with Crippen LogP contribution in [0.25, 0.3) is 0 Å². The molecule has 0 bridgehead atoms. The first-order chi connectivity index (χ1) is 5.74. The first kappa shape index (κ1) is 9.54. The number of hydrogen-bond donors (Lipinski definition) is 1. The summed E-state index contributed by atoms with van der Waals surface area (Å²) < 4.78 is 0. The molecule has 0 fully saturated rings. The highest BCUT2D eigenvalue weighted by molar-refractivity contribution is 7.17. The third-order valence-corrected chi connectivity index (χ3v) is 2.64. The highest BCUT2D eigenvalue weighted by atomic mass is 31.0. The van der Waals surface area contributed by atoms with Crippen molar-refractivity contribution in [2.45, 2.75) is 25.4 Å². The molecule has 66 valence electrons. The van der Waals surface area contributed by atoms with Gasteiger partial charge in [-0.15, -0.1) is 9.24 Å². The molecule has 12 heavy (non-hydrogen) atoms. The fraction of sp³-hybridized carbons (Fsp3) is 0.400. The third-order valence-electron chi connectivity index (χ3n) is 1.92. The lowest BCUT2D eigenvalue weighted by atomic mass is 10.1. The predicted octanol–water partition coefficient (Wildman–Crippen LogP) is 3.11. The van der Waals surface area contributed by atoms with Crippen LogP contribution in [-0.4, -0.2) is 5.11 Å². The van der Waals surface area contributed by atoms with E-state index in [4.69, 9.17) is 5.11 Å². The molecule has 0 radical (unpaired) electrons. The normalized spacial score (nSPS) is 12.8. The molecule has 2 atom stereocenters. The van der Waals surface area contributed by atoms with Gasteiger partial charge >= 0.3 is 0 Å². The van der Waals surface area contributed by atoms with Crippen LogP contribution in [-0.2, 0) is 0 Å². The van der Waals surface area contributed by atoms with Crippen molar-refractivity contribution in [2.24, 2.45) is 0 Å². The number of hydrogen-bond acceptors (Lipinski definition) is 1. The smallest absolute Gasteiger partial charge is 0.115 e. The molecule has 0 aromatic heterocycles.